The van der Waals surface area contributed by atoms with E-state index in [-0.39, 0.29) is 17.3 Å². The number of fused-ring (bicyclic) bond motifs is 1. The molecule has 8 heteroatoms. The number of hydrogen-bond acceptors (Lipinski definition) is 3. The van der Waals surface area contributed by atoms with Crippen LogP contribution in [-0.4, -0.2) is 20.5 Å². The number of hydrogen-bond donors (Lipinski definition) is 1. The van der Waals surface area contributed by atoms with Gasteiger partial charge in [-0.25, -0.2) is 8.78 Å². The van der Waals surface area contributed by atoms with Crippen LogP contribution < -0.4 is 5.32 Å². The molecule has 2 heterocycles. The van der Waals surface area contributed by atoms with Crippen LogP contribution in [0.15, 0.2) is 65.3 Å². The van der Waals surface area contributed by atoms with Crippen LogP contribution in [0.5, 0.6) is 0 Å². The second-order valence-corrected chi connectivity index (χ2v) is 7.05. The molecule has 1 amide bonds. The van der Waals surface area contributed by atoms with Crippen molar-refractivity contribution in [3.63, 3.8) is 0 Å². The first-order chi connectivity index (χ1) is 13.5. The lowest BCUT2D eigenvalue weighted by atomic mass is 10.2. The van der Waals surface area contributed by atoms with Gasteiger partial charge in [-0.1, -0.05) is 28.1 Å². The van der Waals surface area contributed by atoms with Gasteiger partial charge in [-0.2, -0.15) is 0 Å². The third kappa shape index (κ3) is 3.77. The van der Waals surface area contributed by atoms with Gasteiger partial charge in [-0.3, -0.25) is 9.20 Å². The van der Waals surface area contributed by atoms with E-state index in [9.17, 15) is 13.6 Å². The normalized spacial score (nSPS) is 11.0. The van der Waals surface area contributed by atoms with Crippen LogP contribution in [-0.2, 0) is 6.54 Å². The quantitative estimate of drug-likeness (QED) is 0.510. The molecule has 0 saturated heterocycles. The molecule has 4 rings (SSSR count). The Labute approximate surface area is 167 Å². The molecule has 4 aromatic rings. The van der Waals surface area contributed by atoms with E-state index in [0.29, 0.717) is 17.8 Å². The SMILES string of the molecule is O=C(NCc1ccc(Br)cc1)c1ccn2c(-c3cc(F)cc(F)c3)nnc2c1. The zero-order chi connectivity index (χ0) is 19.7. The molecule has 5 nitrogen and oxygen atoms in total. The van der Waals surface area contributed by atoms with Crippen molar-refractivity contribution in [2.45, 2.75) is 6.54 Å². The van der Waals surface area contributed by atoms with Crippen molar-refractivity contribution in [1.82, 2.24) is 19.9 Å². The van der Waals surface area contributed by atoms with Gasteiger partial charge < -0.3 is 5.32 Å². The smallest absolute Gasteiger partial charge is 0.251 e. The van der Waals surface area contributed by atoms with E-state index in [1.165, 1.54) is 12.1 Å². The number of rotatable bonds is 4. The highest BCUT2D eigenvalue weighted by Crippen LogP contribution is 2.21. The van der Waals surface area contributed by atoms with Crippen LogP contribution in [0.4, 0.5) is 8.78 Å². The summed E-state index contributed by atoms with van der Waals surface area (Å²) in [7, 11) is 0. The Morgan fingerprint density at radius 1 is 1.00 bits per heavy atom. The molecular formula is C20H13BrF2N4O. The van der Waals surface area contributed by atoms with Gasteiger partial charge in [0.15, 0.2) is 11.5 Å². The molecule has 140 valence electrons. The molecule has 0 bridgehead atoms. The predicted molar refractivity (Wildman–Crippen MR) is 104 cm³/mol. The Hall–Kier alpha value is -3.13. The zero-order valence-corrected chi connectivity index (χ0v) is 16.0. The number of halogens is 3. The summed E-state index contributed by atoms with van der Waals surface area (Å²) in [5, 5.41) is 10.8. The van der Waals surface area contributed by atoms with E-state index in [0.717, 1.165) is 16.1 Å². The Balaban J connectivity index is 1.56. The van der Waals surface area contributed by atoms with Crippen LogP contribution in [0, 0.1) is 11.6 Å². The van der Waals surface area contributed by atoms with Crippen molar-refractivity contribution in [2.24, 2.45) is 0 Å². The molecule has 1 N–H and O–H groups in total. The van der Waals surface area contributed by atoms with Crippen LogP contribution in [0.3, 0.4) is 0 Å². The van der Waals surface area contributed by atoms with Crippen molar-refractivity contribution < 1.29 is 13.6 Å². The fourth-order valence-corrected chi connectivity index (χ4v) is 3.06. The van der Waals surface area contributed by atoms with E-state index >= 15 is 0 Å². The maximum Gasteiger partial charge on any atom is 0.251 e. The summed E-state index contributed by atoms with van der Waals surface area (Å²) < 4.78 is 29.5. The number of aromatic nitrogens is 3. The number of carbonyl (C=O) groups is 1. The van der Waals surface area contributed by atoms with E-state index in [4.69, 9.17) is 0 Å². The summed E-state index contributed by atoms with van der Waals surface area (Å²) in [6.45, 7) is 0.387. The van der Waals surface area contributed by atoms with Gasteiger partial charge in [0, 0.05) is 34.4 Å². The molecule has 0 spiro atoms. The molecule has 2 aromatic heterocycles. The highest BCUT2D eigenvalue weighted by Gasteiger charge is 2.13. The number of nitrogens with one attached hydrogen (secondary N) is 1. The number of carbonyl (C=O) groups excluding carboxylic acids is 1. The molecular weight excluding hydrogens is 430 g/mol. The highest BCUT2D eigenvalue weighted by atomic mass is 79.9. The molecule has 28 heavy (non-hydrogen) atoms. The number of benzene rings is 2. The fourth-order valence-electron chi connectivity index (χ4n) is 2.80. The second kappa shape index (κ2) is 7.47. The van der Waals surface area contributed by atoms with E-state index in [1.807, 2.05) is 24.3 Å². The Kier molecular flexibility index (Phi) is 4.87. The van der Waals surface area contributed by atoms with Crippen molar-refractivity contribution in [3.05, 3.63) is 88.0 Å². The lowest BCUT2D eigenvalue weighted by molar-refractivity contribution is 0.0951. The maximum atomic E-state index is 13.5. The summed E-state index contributed by atoms with van der Waals surface area (Å²) in [4.78, 5) is 12.4. The largest absolute Gasteiger partial charge is 0.348 e. The standard InChI is InChI=1S/C20H13BrF2N4O/c21-15-3-1-12(2-4-15)11-24-20(28)13-5-6-27-18(9-13)25-26-19(27)14-7-16(22)10-17(23)8-14/h1-10H,11H2,(H,24,28). The summed E-state index contributed by atoms with van der Waals surface area (Å²) in [6.07, 6.45) is 1.60. The Morgan fingerprint density at radius 3 is 2.43 bits per heavy atom. The van der Waals surface area contributed by atoms with Gasteiger partial charge >= 0.3 is 0 Å². The van der Waals surface area contributed by atoms with Crippen molar-refractivity contribution in [1.29, 1.82) is 0 Å². The lowest BCUT2D eigenvalue weighted by Gasteiger charge is -2.06. The van der Waals surface area contributed by atoms with Crippen LogP contribution in [0.2, 0.25) is 0 Å². The highest BCUT2D eigenvalue weighted by molar-refractivity contribution is 9.10. The monoisotopic (exact) mass is 442 g/mol. The molecule has 0 radical (unpaired) electrons. The minimum absolute atomic E-state index is 0.258. The number of nitrogens with zero attached hydrogens (tertiary/aromatic N) is 3. The lowest BCUT2D eigenvalue weighted by Crippen LogP contribution is -2.22. The Morgan fingerprint density at radius 2 is 1.71 bits per heavy atom. The molecule has 0 aliphatic heterocycles. The van der Waals surface area contributed by atoms with Gasteiger partial charge in [-0.15, -0.1) is 10.2 Å². The Bertz CT molecular complexity index is 1150. The first-order valence-corrected chi connectivity index (χ1v) is 9.13. The first-order valence-electron chi connectivity index (χ1n) is 8.33. The molecule has 0 saturated carbocycles. The molecule has 0 aliphatic rings. The summed E-state index contributed by atoms with van der Waals surface area (Å²) in [6, 6.07) is 14.0. The van der Waals surface area contributed by atoms with Crippen molar-refractivity contribution in [3.8, 4) is 11.4 Å². The van der Waals surface area contributed by atoms with Gasteiger partial charge in [0.05, 0.1) is 0 Å². The van der Waals surface area contributed by atoms with Crippen LogP contribution in [0.1, 0.15) is 15.9 Å². The minimum Gasteiger partial charge on any atom is -0.348 e. The number of amides is 1. The maximum absolute atomic E-state index is 13.5. The van der Waals surface area contributed by atoms with Gasteiger partial charge in [-0.05, 0) is 42.0 Å². The first kappa shape index (κ1) is 18.2. The predicted octanol–water partition coefficient (Wildman–Crippen LogP) is 4.37. The van der Waals surface area contributed by atoms with E-state index < -0.39 is 11.6 Å². The van der Waals surface area contributed by atoms with Gasteiger partial charge in [0.2, 0.25) is 0 Å². The third-order valence-corrected chi connectivity index (χ3v) is 4.69. The summed E-state index contributed by atoms with van der Waals surface area (Å²) in [5.74, 6) is -1.37. The topological polar surface area (TPSA) is 59.3 Å². The summed E-state index contributed by atoms with van der Waals surface area (Å²) in [5.41, 5.74) is 2.04. The van der Waals surface area contributed by atoms with Gasteiger partial charge in [0.25, 0.3) is 5.91 Å². The molecule has 2 aromatic carbocycles. The zero-order valence-electron chi connectivity index (χ0n) is 14.4. The molecule has 0 fully saturated rings. The number of pyridine rings is 1. The third-order valence-electron chi connectivity index (χ3n) is 4.16. The van der Waals surface area contributed by atoms with Gasteiger partial charge in [0.1, 0.15) is 11.6 Å². The average Bonchev–Trinajstić information content (AvgIpc) is 3.10. The minimum atomic E-state index is -0.698. The fraction of sp³-hybridized carbons (Fsp3) is 0.0500. The van der Waals surface area contributed by atoms with Crippen LogP contribution in [0.25, 0.3) is 17.0 Å². The average molecular weight is 443 g/mol. The van der Waals surface area contributed by atoms with E-state index in [2.05, 4.69) is 31.4 Å². The summed E-state index contributed by atoms with van der Waals surface area (Å²) >= 11 is 3.37. The second-order valence-electron chi connectivity index (χ2n) is 6.13. The van der Waals surface area contributed by atoms with Crippen LogP contribution >= 0.6 is 15.9 Å². The molecule has 0 atom stereocenters. The van der Waals surface area contributed by atoms with Crippen molar-refractivity contribution in [2.75, 3.05) is 0 Å². The molecule has 0 aliphatic carbocycles. The van der Waals surface area contributed by atoms with Crippen molar-refractivity contribution >= 4 is 27.5 Å². The van der Waals surface area contributed by atoms with E-state index in [1.54, 1.807) is 22.7 Å². The molecule has 0 unspecified atom stereocenters.